The Balaban J connectivity index is 0.00000175. The molecule has 3 aliphatic rings. The van der Waals surface area contributed by atoms with Crippen LogP contribution in [0.15, 0.2) is 78.4 Å². The van der Waals surface area contributed by atoms with Crippen LogP contribution in [0, 0.1) is 5.92 Å². The Morgan fingerprint density at radius 3 is 2.49 bits per heavy atom. The highest BCUT2D eigenvalue weighted by molar-refractivity contribution is 5.97. The average Bonchev–Trinajstić information content (AvgIpc) is 3.84. The van der Waals surface area contributed by atoms with Crippen LogP contribution in [0.4, 0.5) is 4.39 Å². The van der Waals surface area contributed by atoms with Crippen LogP contribution >= 0.6 is 0 Å². The summed E-state index contributed by atoms with van der Waals surface area (Å²) in [6, 6.07) is 22.9. The minimum atomic E-state index is -1.15. The van der Waals surface area contributed by atoms with Crippen molar-refractivity contribution in [3.63, 3.8) is 0 Å². The van der Waals surface area contributed by atoms with E-state index in [4.69, 9.17) is 4.98 Å². The van der Waals surface area contributed by atoms with E-state index in [2.05, 4.69) is 55.5 Å². The molecule has 7 rings (SSSR count). The molecule has 1 atom stereocenters. The Kier molecular flexibility index (Phi) is 9.34. The van der Waals surface area contributed by atoms with Gasteiger partial charge in [-0.1, -0.05) is 81.0 Å². The third-order valence-corrected chi connectivity index (χ3v) is 9.54. The van der Waals surface area contributed by atoms with Crippen LogP contribution in [-0.4, -0.2) is 33.4 Å². The zero-order chi connectivity index (χ0) is 31.5. The summed E-state index contributed by atoms with van der Waals surface area (Å²) in [7, 11) is 0. The number of fused-ring (bicyclic) bond motifs is 2. The first-order valence-electron chi connectivity index (χ1n) is 17.0. The van der Waals surface area contributed by atoms with Crippen molar-refractivity contribution in [1.82, 2.24) is 14.5 Å². The zero-order valence-electron chi connectivity index (χ0n) is 27.2. The van der Waals surface area contributed by atoms with Gasteiger partial charge in [-0.05, 0) is 110 Å². The van der Waals surface area contributed by atoms with Gasteiger partial charge in [0.1, 0.15) is 5.82 Å². The van der Waals surface area contributed by atoms with E-state index >= 15 is 0 Å². The number of piperidine rings is 1. The Hall–Kier alpha value is -3.99. The van der Waals surface area contributed by atoms with Crippen LogP contribution in [0.5, 0.6) is 0 Å². The van der Waals surface area contributed by atoms with Gasteiger partial charge in [-0.3, -0.25) is 9.36 Å². The summed E-state index contributed by atoms with van der Waals surface area (Å²) in [5.41, 5.74) is 10.1. The molecular formula is C40H46FN3O. The quantitative estimate of drug-likeness (QED) is 0.211. The second-order valence-corrected chi connectivity index (χ2v) is 12.6. The summed E-state index contributed by atoms with van der Waals surface area (Å²) in [4.78, 5) is 20.6. The van der Waals surface area contributed by atoms with Crippen molar-refractivity contribution < 1.29 is 9.18 Å². The molecule has 3 aromatic carbocycles. The number of carbonyl (C=O) groups is 1. The van der Waals surface area contributed by atoms with E-state index in [9.17, 15) is 9.18 Å². The number of nitrogens with zero attached hydrogens (tertiary/aromatic N) is 3. The molecule has 0 bridgehead atoms. The van der Waals surface area contributed by atoms with Gasteiger partial charge in [0, 0.05) is 24.6 Å². The number of allylic oxidation sites excluding steroid dienone is 2. The number of rotatable bonds is 7. The number of halogens is 1. The number of likely N-dealkylation sites (tertiary alicyclic amines) is 1. The van der Waals surface area contributed by atoms with Gasteiger partial charge in [0.2, 0.25) is 0 Å². The first-order valence-corrected chi connectivity index (χ1v) is 17.0. The fourth-order valence-electron chi connectivity index (χ4n) is 7.00. The lowest BCUT2D eigenvalue weighted by atomic mass is 9.91. The predicted molar refractivity (Wildman–Crippen MR) is 184 cm³/mol. The molecule has 2 aliphatic carbocycles. The smallest absolute Gasteiger partial charge is 0.253 e. The van der Waals surface area contributed by atoms with E-state index in [-0.39, 0.29) is 11.8 Å². The van der Waals surface area contributed by atoms with Gasteiger partial charge in [-0.25, -0.2) is 9.37 Å². The normalized spacial score (nSPS) is 17.5. The highest BCUT2D eigenvalue weighted by atomic mass is 19.1. The van der Waals surface area contributed by atoms with Gasteiger partial charge in [-0.2, -0.15) is 0 Å². The van der Waals surface area contributed by atoms with Crippen LogP contribution in [0.1, 0.15) is 117 Å². The molecule has 1 unspecified atom stereocenters. The number of aryl methyl sites for hydroxylation is 1. The van der Waals surface area contributed by atoms with E-state index in [1.165, 1.54) is 40.7 Å². The summed E-state index contributed by atoms with van der Waals surface area (Å²) in [6.45, 7) is 9.05. The number of imidazole rings is 1. The van der Waals surface area contributed by atoms with E-state index in [1.54, 1.807) is 11.5 Å². The lowest BCUT2D eigenvalue weighted by Crippen LogP contribution is -2.38. The maximum absolute atomic E-state index is 14.7. The van der Waals surface area contributed by atoms with Crippen molar-refractivity contribution in [1.29, 1.82) is 0 Å². The van der Waals surface area contributed by atoms with Gasteiger partial charge in [0.05, 0.1) is 11.0 Å². The molecule has 45 heavy (non-hydrogen) atoms. The fourth-order valence-corrected chi connectivity index (χ4v) is 7.00. The number of aromatic nitrogens is 2. The van der Waals surface area contributed by atoms with E-state index in [1.807, 2.05) is 49.1 Å². The van der Waals surface area contributed by atoms with Crippen molar-refractivity contribution in [2.24, 2.45) is 5.92 Å². The number of hydrogen-bond donors (Lipinski definition) is 0. The number of hydrogen-bond acceptors (Lipinski definition) is 2. The van der Waals surface area contributed by atoms with Crippen LogP contribution in [0.2, 0.25) is 0 Å². The SMILES string of the molecule is CC.CCc1cccc(C2=CCC(CC3CC3)=Cc3cc(C(=O)N4CCC(c5nc6ccccc6n5C(C)F)CC4)ccc32)c1. The number of benzene rings is 3. The third-order valence-electron chi connectivity index (χ3n) is 9.54. The van der Waals surface area contributed by atoms with E-state index in [0.29, 0.717) is 13.1 Å². The second-order valence-electron chi connectivity index (χ2n) is 12.6. The summed E-state index contributed by atoms with van der Waals surface area (Å²) in [5, 5.41) is 0. The second kappa shape index (κ2) is 13.6. The van der Waals surface area contributed by atoms with Crippen molar-refractivity contribution in [2.45, 2.75) is 84.9 Å². The summed E-state index contributed by atoms with van der Waals surface area (Å²) >= 11 is 0. The molecule has 1 saturated carbocycles. The minimum Gasteiger partial charge on any atom is -0.339 e. The molecule has 1 saturated heterocycles. The molecule has 4 nitrogen and oxygen atoms in total. The predicted octanol–water partition coefficient (Wildman–Crippen LogP) is 10.2. The zero-order valence-corrected chi connectivity index (χ0v) is 27.2. The van der Waals surface area contributed by atoms with Gasteiger partial charge in [0.25, 0.3) is 5.91 Å². The highest BCUT2D eigenvalue weighted by Crippen LogP contribution is 2.40. The Bertz CT molecular complexity index is 1730. The number of alkyl halides is 1. The third kappa shape index (κ3) is 6.54. The van der Waals surface area contributed by atoms with Crippen molar-refractivity contribution >= 4 is 28.6 Å². The Morgan fingerprint density at radius 2 is 1.76 bits per heavy atom. The van der Waals surface area contributed by atoms with Gasteiger partial charge in [-0.15, -0.1) is 0 Å². The van der Waals surface area contributed by atoms with Gasteiger partial charge < -0.3 is 4.90 Å². The van der Waals surface area contributed by atoms with Crippen LogP contribution in [0.3, 0.4) is 0 Å². The van der Waals surface area contributed by atoms with Gasteiger partial charge in [0.15, 0.2) is 6.30 Å². The molecule has 0 spiro atoms. The highest BCUT2D eigenvalue weighted by Gasteiger charge is 2.30. The molecule has 234 valence electrons. The van der Waals surface area contributed by atoms with Crippen LogP contribution in [-0.2, 0) is 6.42 Å². The standard InChI is InChI=1S/C38H40FN3O.C2H6/c1-3-26-7-6-8-30(22-26)33-15-13-28(21-27-11-12-27)23-32-24-31(14-16-34(32)33)38(43)41-19-17-29(18-20-41)37-40-35-9-4-5-10-36(35)42(37)25(2)39;1-2/h4-10,14-16,22-25,27,29H,3,11-13,17-21H2,1-2H3;1-2H3. The molecule has 1 aliphatic heterocycles. The first kappa shape index (κ1) is 31.0. The maximum Gasteiger partial charge on any atom is 0.253 e. The summed E-state index contributed by atoms with van der Waals surface area (Å²) < 4.78 is 16.5. The van der Waals surface area contributed by atoms with Crippen LogP contribution in [0.25, 0.3) is 22.7 Å². The Morgan fingerprint density at radius 1 is 0.978 bits per heavy atom. The minimum absolute atomic E-state index is 0.0773. The first-order chi connectivity index (χ1) is 22.0. The molecule has 2 fully saturated rings. The van der Waals surface area contributed by atoms with Crippen molar-refractivity contribution in [3.8, 4) is 0 Å². The molecular weight excluding hydrogens is 557 g/mol. The maximum atomic E-state index is 14.7. The average molecular weight is 604 g/mol. The van der Waals surface area contributed by atoms with Crippen molar-refractivity contribution in [2.75, 3.05) is 13.1 Å². The largest absolute Gasteiger partial charge is 0.339 e. The van der Waals surface area contributed by atoms with Crippen LogP contribution < -0.4 is 0 Å². The monoisotopic (exact) mass is 603 g/mol. The molecule has 5 heteroatoms. The molecule has 2 heterocycles. The Labute approximate surface area is 267 Å². The van der Waals surface area contributed by atoms with E-state index in [0.717, 1.165) is 66.0 Å². The number of carbonyl (C=O) groups excluding carboxylic acids is 1. The number of para-hydroxylation sites is 2. The lowest BCUT2D eigenvalue weighted by Gasteiger charge is -2.32. The van der Waals surface area contributed by atoms with Gasteiger partial charge >= 0.3 is 0 Å². The lowest BCUT2D eigenvalue weighted by molar-refractivity contribution is 0.0708. The number of amides is 1. The van der Waals surface area contributed by atoms with E-state index < -0.39 is 6.30 Å². The molecule has 1 amide bonds. The van der Waals surface area contributed by atoms with Crippen molar-refractivity contribution in [3.05, 3.63) is 112 Å². The molecule has 0 radical (unpaired) electrons. The summed E-state index contributed by atoms with van der Waals surface area (Å²) in [6.07, 6.45) is 10.9. The molecule has 1 aromatic heterocycles. The topological polar surface area (TPSA) is 38.1 Å². The summed E-state index contributed by atoms with van der Waals surface area (Å²) in [5.74, 6) is 1.82. The molecule has 0 N–H and O–H groups in total. The fraction of sp³-hybridized carbons (Fsp3) is 0.400. The molecule has 4 aromatic rings.